The second-order valence-corrected chi connectivity index (χ2v) is 3.27. The molecule has 1 rings (SSSR count). The summed E-state index contributed by atoms with van der Waals surface area (Å²) in [5.74, 6) is -0.0750. The summed E-state index contributed by atoms with van der Waals surface area (Å²) in [6.07, 6.45) is 1.19. The van der Waals surface area contributed by atoms with Gasteiger partial charge in [0.1, 0.15) is 6.61 Å². The fraction of sp³-hybridized carbons (Fsp3) is 0.889. The van der Waals surface area contributed by atoms with Crippen LogP contribution in [0.2, 0.25) is 0 Å². The van der Waals surface area contributed by atoms with Crippen molar-refractivity contribution in [3.8, 4) is 0 Å². The van der Waals surface area contributed by atoms with Crippen LogP contribution >= 0.6 is 0 Å². The summed E-state index contributed by atoms with van der Waals surface area (Å²) in [5, 5.41) is 5.87. The number of hydrogen-bond donors (Lipinski definition) is 2. The summed E-state index contributed by atoms with van der Waals surface area (Å²) < 4.78 is 10.2. The van der Waals surface area contributed by atoms with Gasteiger partial charge in [-0.05, 0) is 13.0 Å². The van der Waals surface area contributed by atoms with Gasteiger partial charge in [0.15, 0.2) is 0 Å². The minimum absolute atomic E-state index is 0.0750. The van der Waals surface area contributed by atoms with Crippen LogP contribution < -0.4 is 10.6 Å². The molecule has 14 heavy (non-hydrogen) atoms. The van der Waals surface area contributed by atoms with Crippen molar-refractivity contribution in [1.29, 1.82) is 0 Å². The Hall–Kier alpha value is -0.650. The first kappa shape index (κ1) is 11.4. The summed E-state index contributed by atoms with van der Waals surface area (Å²) in [6.45, 7) is 3.07. The third kappa shape index (κ3) is 4.55. The van der Waals surface area contributed by atoms with Crippen LogP contribution in [0.25, 0.3) is 0 Å². The predicted octanol–water partition coefficient (Wildman–Crippen LogP) is -0.872. The third-order valence-electron chi connectivity index (χ3n) is 2.09. The smallest absolute Gasteiger partial charge is 0.246 e. The lowest BCUT2D eigenvalue weighted by molar-refractivity contribution is -0.127. The first-order valence-electron chi connectivity index (χ1n) is 4.91. The minimum atomic E-state index is -0.0750. The van der Waals surface area contributed by atoms with Gasteiger partial charge in [-0.2, -0.15) is 0 Å². The Balaban J connectivity index is 1.96. The second kappa shape index (κ2) is 6.75. The van der Waals surface area contributed by atoms with E-state index in [1.807, 2.05) is 0 Å². The highest BCUT2D eigenvalue weighted by atomic mass is 16.5. The second-order valence-electron chi connectivity index (χ2n) is 3.27. The van der Waals surface area contributed by atoms with Gasteiger partial charge in [0, 0.05) is 20.2 Å². The molecule has 1 saturated heterocycles. The van der Waals surface area contributed by atoms with E-state index in [0.717, 1.165) is 19.5 Å². The van der Waals surface area contributed by atoms with E-state index in [2.05, 4.69) is 10.6 Å². The summed E-state index contributed by atoms with van der Waals surface area (Å²) in [6, 6.07) is 0. The number of carbonyl (C=O) groups excluding carboxylic acids is 1. The quantitative estimate of drug-likeness (QED) is 0.550. The number of rotatable bonds is 6. The number of nitrogens with one attached hydrogen (secondary N) is 2. The fourth-order valence-electron chi connectivity index (χ4n) is 1.31. The Labute approximate surface area is 84.1 Å². The van der Waals surface area contributed by atoms with Crippen LogP contribution in [0.3, 0.4) is 0 Å². The number of methoxy groups -OCH3 is 1. The average molecular weight is 202 g/mol. The standard InChI is InChI=1S/C9H18N2O3/c1-13-5-4-11-9(12)7-14-8-2-3-10-6-8/h8,10H,2-7H2,1H3,(H,11,12). The van der Waals surface area contributed by atoms with E-state index in [1.165, 1.54) is 0 Å². The molecular weight excluding hydrogens is 184 g/mol. The molecule has 0 aromatic carbocycles. The van der Waals surface area contributed by atoms with E-state index >= 15 is 0 Å². The van der Waals surface area contributed by atoms with Crippen molar-refractivity contribution in [2.24, 2.45) is 0 Å². The lowest BCUT2D eigenvalue weighted by atomic mass is 10.3. The maximum atomic E-state index is 11.2. The molecule has 82 valence electrons. The number of hydrogen-bond acceptors (Lipinski definition) is 4. The van der Waals surface area contributed by atoms with Crippen molar-refractivity contribution in [1.82, 2.24) is 10.6 Å². The molecule has 1 fully saturated rings. The van der Waals surface area contributed by atoms with Crippen LogP contribution in [-0.4, -0.2) is 52.0 Å². The van der Waals surface area contributed by atoms with Crippen molar-refractivity contribution in [3.05, 3.63) is 0 Å². The van der Waals surface area contributed by atoms with E-state index in [-0.39, 0.29) is 18.6 Å². The molecule has 0 spiro atoms. The van der Waals surface area contributed by atoms with Gasteiger partial charge in [-0.25, -0.2) is 0 Å². The summed E-state index contributed by atoms with van der Waals surface area (Å²) in [5.41, 5.74) is 0. The van der Waals surface area contributed by atoms with Crippen molar-refractivity contribution in [2.75, 3.05) is 40.0 Å². The Morgan fingerprint density at radius 2 is 2.50 bits per heavy atom. The van der Waals surface area contributed by atoms with E-state index < -0.39 is 0 Å². The first-order chi connectivity index (χ1) is 6.83. The zero-order valence-electron chi connectivity index (χ0n) is 8.54. The van der Waals surface area contributed by atoms with Gasteiger partial charge in [0.2, 0.25) is 5.91 Å². The SMILES string of the molecule is COCCNC(=O)COC1CCNC1. The Morgan fingerprint density at radius 1 is 1.64 bits per heavy atom. The molecule has 2 N–H and O–H groups in total. The van der Waals surface area contributed by atoms with Crippen LogP contribution in [0.15, 0.2) is 0 Å². The molecule has 0 aromatic rings. The van der Waals surface area contributed by atoms with Gasteiger partial charge >= 0.3 is 0 Å². The van der Waals surface area contributed by atoms with Crippen molar-refractivity contribution >= 4 is 5.91 Å². The molecule has 0 radical (unpaired) electrons. The highest BCUT2D eigenvalue weighted by Crippen LogP contribution is 2.01. The van der Waals surface area contributed by atoms with Crippen LogP contribution in [0.5, 0.6) is 0 Å². The topological polar surface area (TPSA) is 59.6 Å². The molecule has 5 heteroatoms. The molecule has 0 saturated carbocycles. The van der Waals surface area contributed by atoms with Gasteiger partial charge in [0.05, 0.1) is 12.7 Å². The van der Waals surface area contributed by atoms with Crippen LogP contribution in [-0.2, 0) is 14.3 Å². The van der Waals surface area contributed by atoms with Crippen LogP contribution in [0.1, 0.15) is 6.42 Å². The van der Waals surface area contributed by atoms with Crippen LogP contribution in [0, 0.1) is 0 Å². The molecule has 0 aromatic heterocycles. The number of carbonyl (C=O) groups is 1. The molecule has 0 bridgehead atoms. The average Bonchev–Trinajstić information content (AvgIpc) is 2.68. The van der Waals surface area contributed by atoms with E-state index in [4.69, 9.17) is 9.47 Å². The Bertz CT molecular complexity index is 169. The van der Waals surface area contributed by atoms with E-state index in [1.54, 1.807) is 7.11 Å². The number of amides is 1. The molecular formula is C9H18N2O3. The van der Waals surface area contributed by atoms with E-state index in [9.17, 15) is 4.79 Å². The zero-order chi connectivity index (χ0) is 10.2. The maximum Gasteiger partial charge on any atom is 0.246 e. The largest absolute Gasteiger partial charge is 0.383 e. The van der Waals surface area contributed by atoms with Gasteiger partial charge in [-0.15, -0.1) is 0 Å². The van der Waals surface area contributed by atoms with Crippen LogP contribution in [0.4, 0.5) is 0 Å². The van der Waals surface area contributed by atoms with Crippen molar-refractivity contribution in [2.45, 2.75) is 12.5 Å². The summed E-state index contributed by atoms with van der Waals surface area (Å²) >= 11 is 0. The van der Waals surface area contributed by atoms with Gasteiger partial charge in [-0.3, -0.25) is 4.79 Å². The minimum Gasteiger partial charge on any atom is -0.383 e. The van der Waals surface area contributed by atoms with Crippen molar-refractivity contribution in [3.63, 3.8) is 0 Å². The molecule has 1 atom stereocenters. The molecule has 1 heterocycles. The molecule has 0 aliphatic carbocycles. The Kier molecular flexibility index (Phi) is 5.51. The predicted molar refractivity (Wildman–Crippen MR) is 52.1 cm³/mol. The first-order valence-corrected chi connectivity index (χ1v) is 4.91. The van der Waals surface area contributed by atoms with Crippen molar-refractivity contribution < 1.29 is 14.3 Å². The van der Waals surface area contributed by atoms with Gasteiger partial charge in [0.25, 0.3) is 0 Å². The van der Waals surface area contributed by atoms with Gasteiger partial charge in [-0.1, -0.05) is 0 Å². The zero-order valence-corrected chi connectivity index (χ0v) is 8.54. The van der Waals surface area contributed by atoms with E-state index in [0.29, 0.717) is 13.2 Å². The molecule has 1 amide bonds. The normalized spacial score (nSPS) is 21.1. The summed E-state index contributed by atoms with van der Waals surface area (Å²) in [4.78, 5) is 11.2. The lowest BCUT2D eigenvalue weighted by Crippen LogP contribution is -2.32. The fourth-order valence-corrected chi connectivity index (χ4v) is 1.31. The lowest BCUT2D eigenvalue weighted by Gasteiger charge is -2.10. The molecule has 1 aliphatic rings. The molecule has 5 nitrogen and oxygen atoms in total. The monoisotopic (exact) mass is 202 g/mol. The third-order valence-corrected chi connectivity index (χ3v) is 2.09. The maximum absolute atomic E-state index is 11.2. The Morgan fingerprint density at radius 3 is 3.14 bits per heavy atom. The number of ether oxygens (including phenoxy) is 2. The summed E-state index contributed by atoms with van der Waals surface area (Å²) in [7, 11) is 1.60. The highest BCUT2D eigenvalue weighted by molar-refractivity contribution is 5.77. The van der Waals surface area contributed by atoms with Gasteiger partial charge < -0.3 is 20.1 Å². The highest BCUT2D eigenvalue weighted by Gasteiger charge is 2.15. The molecule has 1 aliphatic heterocycles. The molecule has 1 unspecified atom stereocenters.